The topological polar surface area (TPSA) is 49.8 Å². The molecule has 0 bridgehead atoms. The van der Waals surface area contributed by atoms with E-state index >= 15 is 0 Å². The summed E-state index contributed by atoms with van der Waals surface area (Å²) in [6.45, 7) is 2.78. The largest absolute Gasteiger partial charge is 0.491 e. The predicted molar refractivity (Wildman–Crippen MR) is 101 cm³/mol. The van der Waals surface area contributed by atoms with Crippen LogP contribution in [0.5, 0.6) is 5.75 Å². The van der Waals surface area contributed by atoms with Gasteiger partial charge in [-0.05, 0) is 55.9 Å². The van der Waals surface area contributed by atoms with Crippen LogP contribution >= 0.6 is 23.2 Å². The van der Waals surface area contributed by atoms with E-state index in [1.54, 1.807) is 30.3 Å². The van der Waals surface area contributed by atoms with Gasteiger partial charge in [-0.1, -0.05) is 29.3 Å². The molecule has 0 aliphatic rings. The number of likely N-dealkylation sites (N-methyl/N-ethyl adjacent to an activating group) is 1. The van der Waals surface area contributed by atoms with Crippen LogP contribution in [-0.2, 0) is 6.54 Å². The third kappa shape index (κ3) is 6.33. The van der Waals surface area contributed by atoms with Gasteiger partial charge in [-0.3, -0.25) is 9.69 Å². The fourth-order valence-corrected chi connectivity index (χ4v) is 2.73. The van der Waals surface area contributed by atoms with Gasteiger partial charge in [0.2, 0.25) is 0 Å². The molecule has 2 rings (SSSR count). The molecule has 1 N–H and O–H groups in total. The molecule has 0 amide bonds. The lowest BCUT2D eigenvalue weighted by Gasteiger charge is -2.21. The molecule has 1 atom stereocenters. The van der Waals surface area contributed by atoms with Gasteiger partial charge in [-0.2, -0.15) is 0 Å². The Morgan fingerprint density at radius 2 is 1.84 bits per heavy atom. The molecule has 0 fully saturated rings. The normalized spacial score (nSPS) is 12.2. The van der Waals surface area contributed by atoms with Crippen LogP contribution in [0, 0.1) is 0 Å². The minimum atomic E-state index is -0.639. The number of hydrogen-bond donors (Lipinski definition) is 1. The first-order chi connectivity index (χ1) is 11.8. The van der Waals surface area contributed by atoms with E-state index < -0.39 is 6.10 Å². The van der Waals surface area contributed by atoms with Gasteiger partial charge in [-0.25, -0.2) is 0 Å². The second-order valence-electron chi connectivity index (χ2n) is 5.99. The summed E-state index contributed by atoms with van der Waals surface area (Å²) >= 11 is 11.9. The minimum absolute atomic E-state index is 0.00973. The van der Waals surface area contributed by atoms with Crippen molar-refractivity contribution in [1.82, 2.24) is 4.90 Å². The molecule has 25 heavy (non-hydrogen) atoms. The Balaban J connectivity index is 1.79. The fourth-order valence-electron chi connectivity index (χ4n) is 2.40. The summed E-state index contributed by atoms with van der Waals surface area (Å²) in [5.74, 6) is 0.631. The standard InChI is InChI=1S/C19H21Cl2NO3/c1-13(23)15-4-6-17(7-5-15)25-12-16(24)11-22(2)10-14-3-8-18(20)19(21)9-14/h3-9,16,24H,10-12H2,1-2H3/t16-/m1/s1. The van der Waals surface area contributed by atoms with Crippen molar-refractivity contribution in [3.63, 3.8) is 0 Å². The van der Waals surface area contributed by atoms with Crippen molar-refractivity contribution in [2.45, 2.75) is 19.6 Å². The zero-order valence-electron chi connectivity index (χ0n) is 14.2. The highest BCUT2D eigenvalue weighted by molar-refractivity contribution is 6.42. The van der Waals surface area contributed by atoms with Gasteiger partial charge in [0, 0.05) is 18.7 Å². The van der Waals surface area contributed by atoms with E-state index in [9.17, 15) is 9.90 Å². The van der Waals surface area contributed by atoms with E-state index in [1.165, 1.54) is 6.92 Å². The Morgan fingerprint density at radius 1 is 1.16 bits per heavy atom. The van der Waals surface area contributed by atoms with Crippen molar-refractivity contribution in [2.75, 3.05) is 20.2 Å². The number of benzene rings is 2. The third-order valence-corrected chi connectivity index (χ3v) is 4.40. The maximum Gasteiger partial charge on any atom is 0.159 e. The molecule has 0 aliphatic carbocycles. The van der Waals surface area contributed by atoms with Gasteiger partial charge < -0.3 is 9.84 Å². The second-order valence-corrected chi connectivity index (χ2v) is 6.81. The second kappa shape index (κ2) is 9.20. The van der Waals surface area contributed by atoms with Crippen LogP contribution in [0.1, 0.15) is 22.8 Å². The van der Waals surface area contributed by atoms with E-state index in [0.29, 0.717) is 34.4 Å². The third-order valence-electron chi connectivity index (χ3n) is 3.66. The number of rotatable bonds is 8. The SMILES string of the molecule is CC(=O)c1ccc(OC[C@H](O)CN(C)Cc2ccc(Cl)c(Cl)c2)cc1. The number of carbonyl (C=O) groups is 1. The van der Waals surface area contributed by atoms with E-state index in [1.807, 2.05) is 24.1 Å². The first-order valence-electron chi connectivity index (χ1n) is 7.89. The molecular formula is C19H21Cl2NO3. The number of ketones is 1. The summed E-state index contributed by atoms with van der Waals surface area (Å²) in [6, 6.07) is 12.4. The molecule has 0 saturated heterocycles. The minimum Gasteiger partial charge on any atom is -0.491 e. The Hall–Kier alpha value is -1.59. The zero-order valence-corrected chi connectivity index (χ0v) is 15.7. The summed E-state index contributed by atoms with van der Waals surface area (Å²) in [5, 5.41) is 11.2. The average molecular weight is 382 g/mol. The smallest absolute Gasteiger partial charge is 0.159 e. The maximum absolute atomic E-state index is 11.2. The molecule has 0 heterocycles. The average Bonchev–Trinajstić information content (AvgIpc) is 2.56. The van der Waals surface area contributed by atoms with Gasteiger partial charge in [0.1, 0.15) is 18.5 Å². The quantitative estimate of drug-likeness (QED) is 0.700. The Bertz CT molecular complexity index is 719. The molecule has 6 heteroatoms. The molecule has 0 unspecified atom stereocenters. The molecule has 2 aromatic carbocycles. The molecule has 134 valence electrons. The monoisotopic (exact) mass is 381 g/mol. The van der Waals surface area contributed by atoms with Crippen LogP contribution in [0.4, 0.5) is 0 Å². The first kappa shape index (κ1) is 19.7. The van der Waals surface area contributed by atoms with Crippen molar-refractivity contribution < 1.29 is 14.6 Å². The van der Waals surface area contributed by atoms with Gasteiger partial charge in [0.05, 0.1) is 10.0 Å². The number of Topliss-reactive ketones (excluding diaryl/α,β-unsaturated/α-hetero) is 1. The number of ether oxygens (including phenoxy) is 1. The number of nitrogens with zero attached hydrogens (tertiary/aromatic N) is 1. The van der Waals surface area contributed by atoms with Crippen LogP contribution < -0.4 is 4.74 Å². The first-order valence-corrected chi connectivity index (χ1v) is 8.65. The van der Waals surface area contributed by atoms with Crippen LogP contribution in [0.25, 0.3) is 0 Å². The highest BCUT2D eigenvalue weighted by atomic mass is 35.5. The van der Waals surface area contributed by atoms with Crippen LogP contribution in [0.3, 0.4) is 0 Å². The summed E-state index contributed by atoms with van der Waals surface area (Å²) in [4.78, 5) is 13.2. The van der Waals surface area contributed by atoms with Gasteiger partial charge in [-0.15, -0.1) is 0 Å². The highest BCUT2D eigenvalue weighted by Crippen LogP contribution is 2.23. The van der Waals surface area contributed by atoms with Gasteiger partial charge in [0.15, 0.2) is 5.78 Å². The predicted octanol–water partition coefficient (Wildman–Crippen LogP) is 4.07. The number of hydrogen-bond acceptors (Lipinski definition) is 4. The Morgan fingerprint density at radius 3 is 2.44 bits per heavy atom. The summed E-state index contributed by atoms with van der Waals surface area (Å²) in [6.07, 6.45) is -0.639. The van der Waals surface area contributed by atoms with Crippen molar-refractivity contribution in [2.24, 2.45) is 0 Å². The molecule has 2 aromatic rings. The molecule has 0 radical (unpaired) electrons. The number of aliphatic hydroxyl groups excluding tert-OH is 1. The lowest BCUT2D eigenvalue weighted by Crippen LogP contribution is -2.32. The van der Waals surface area contributed by atoms with Crippen molar-refractivity contribution >= 4 is 29.0 Å². The van der Waals surface area contributed by atoms with Gasteiger partial charge in [0.25, 0.3) is 0 Å². The lowest BCUT2D eigenvalue weighted by atomic mass is 10.1. The number of halogens is 2. The lowest BCUT2D eigenvalue weighted by molar-refractivity contribution is 0.0743. The molecule has 0 saturated carbocycles. The zero-order chi connectivity index (χ0) is 18.4. The fraction of sp³-hybridized carbons (Fsp3) is 0.316. The van der Waals surface area contributed by atoms with Gasteiger partial charge >= 0.3 is 0 Å². The number of aliphatic hydroxyl groups is 1. The van der Waals surface area contributed by atoms with Crippen LogP contribution in [0.15, 0.2) is 42.5 Å². The summed E-state index contributed by atoms with van der Waals surface area (Å²) < 4.78 is 5.56. The van der Waals surface area contributed by atoms with Crippen LogP contribution in [0.2, 0.25) is 10.0 Å². The van der Waals surface area contributed by atoms with Crippen LogP contribution in [-0.4, -0.2) is 42.1 Å². The van der Waals surface area contributed by atoms with E-state index in [-0.39, 0.29) is 12.4 Å². The summed E-state index contributed by atoms with van der Waals surface area (Å²) in [5.41, 5.74) is 1.65. The number of carbonyl (C=O) groups excluding carboxylic acids is 1. The highest BCUT2D eigenvalue weighted by Gasteiger charge is 2.11. The Kier molecular flexibility index (Phi) is 7.26. The molecule has 4 nitrogen and oxygen atoms in total. The maximum atomic E-state index is 11.2. The van der Waals surface area contributed by atoms with Crippen molar-refractivity contribution in [1.29, 1.82) is 0 Å². The van der Waals surface area contributed by atoms with Crippen molar-refractivity contribution in [3.05, 3.63) is 63.6 Å². The van der Waals surface area contributed by atoms with E-state index in [4.69, 9.17) is 27.9 Å². The molecule has 0 aromatic heterocycles. The Labute approximate surface area is 157 Å². The van der Waals surface area contributed by atoms with Crippen molar-refractivity contribution in [3.8, 4) is 5.75 Å². The molecular weight excluding hydrogens is 361 g/mol. The molecule has 0 spiro atoms. The van der Waals surface area contributed by atoms with E-state index in [2.05, 4.69) is 0 Å². The van der Waals surface area contributed by atoms with E-state index in [0.717, 1.165) is 5.56 Å². The summed E-state index contributed by atoms with van der Waals surface area (Å²) in [7, 11) is 1.91. The molecule has 0 aliphatic heterocycles.